The fraction of sp³-hybridized carbons (Fsp3) is 1.00. The smallest absolute Gasteiger partial charge is 0.103 e. The van der Waals surface area contributed by atoms with Crippen LogP contribution in [0.15, 0.2) is 0 Å². The zero-order valence-electron chi connectivity index (χ0n) is 15.0. The lowest BCUT2D eigenvalue weighted by atomic mass is 9.69. The van der Waals surface area contributed by atoms with Gasteiger partial charge < -0.3 is 11.1 Å². The zero-order valence-corrected chi connectivity index (χ0v) is 15.0. The van der Waals surface area contributed by atoms with Gasteiger partial charge in [0, 0.05) is 12.1 Å². The molecule has 3 rings (SSSR count). The molecule has 7 atom stereocenters. The fourth-order valence-electron chi connectivity index (χ4n) is 5.38. The Morgan fingerprint density at radius 1 is 1.17 bits per heavy atom. The minimum Gasteiger partial charge on any atom is -0.313 e. The van der Waals surface area contributed by atoms with Crippen LogP contribution >= 0.6 is 0 Å². The molecule has 7 unspecified atom stereocenters. The van der Waals surface area contributed by atoms with Crippen LogP contribution in [0.1, 0.15) is 71.6 Å². The molecule has 0 amide bonds. The van der Waals surface area contributed by atoms with Crippen molar-refractivity contribution in [3.8, 4) is 0 Å². The molecule has 2 aliphatic heterocycles. The quantitative estimate of drug-likeness (QED) is 0.746. The normalized spacial score (nSPS) is 49.0. The van der Waals surface area contributed by atoms with Crippen molar-refractivity contribution in [2.45, 2.75) is 95.6 Å². The third-order valence-electron chi connectivity index (χ3n) is 6.93. The molecule has 0 spiro atoms. The number of nitrogens with one attached hydrogen (secondary N) is 2. The molecule has 2 heterocycles. The summed E-state index contributed by atoms with van der Waals surface area (Å²) in [5.74, 6) is 1.52. The second-order valence-corrected chi connectivity index (χ2v) is 8.51. The highest BCUT2D eigenvalue weighted by Crippen LogP contribution is 2.39. The van der Waals surface area contributed by atoms with Gasteiger partial charge in [0.15, 0.2) is 0 Å². The lowest BCUT2D eigenvalue weighted by Gasteiger charge is -2.49. The highest BCUT2D eigenvalue weighted by atomic mass is 19.1. The van der Waals surface area contributed by atoms with Crippen LogP contribution in [0.25, 0.3) is 0 Å². The average molecular weight is 326 g/mol. The summed E-state index contributed by atoms with van der Waals surface area (Å²) in [6, 6.07) is 1.08. The fourth-order valence-corrected chi connectivity index (χ4v) is 5.38. The first kappa shape index (κ1) is 17.6. The second-order valence-electron chi connectivity index (χ2n) is 8.51. The highest BCUT2D eigenvalue weighted by Gasteiger charge is 2.42. The van der Waals surface area contributed by atoms with E-state index in [9.17, 15) is 4.39 Å². The Balaban J connectivity index is 1.69. The van der Waals surface area contributed by atoms with E-state index in [0.29, 0.717) is 23.9 Å². The molecule has 4 N–H and O–H groups in total. The number of hydrogen-bond acceptors (Lipinski definition) is 3. The minimum atomic E-state index is -0.585. The second kappa shape index (κ2) is 7.37. The van der Waals surface area contributed by atoms with Crippen LogP contribution < -0.4 is 16.4 Å². The molecule has 23 heavy (non-hydrogen) atoms. The van der Waals surface area contributed by atoms with Crippen molar-refractivity contribution in [2.24, 2.45) is 23.5 Å². The van der Waals surface area contributed by atoms with E-state index in [4.69, 9.17) is 5.73 Å². The molecular weight excluding hydrogens is 289 g/mol. The maximum atomic E-state index is 13.9. The van der Waals surface area contributed by atoms with Crippen LogP contribution in [0.4, 0.5) is 4.39 Å². The van der Waals surface area contributed by atoms with E-state index in [1.54, 1.807) is 0 Å². The number of halogens is 1. The monoisotopic (exact) mass is 325 g/mol. The van der Waals surface area contributed by atoms with Crippen LogP contribution in [0.2, 0.25) is 0 Å². The molecule has 134 valence electrons. The number of hydrogen-bond donors (Lipinski definition) is 3. The summed E-state index contributed by atoms with van der Waals surface area (Å²) in [5.41, 5.74) is 6.37. The molecule has 0 radical (unpaired) electrons. The molecule has 3 nitrogen and oxygen atoms in total. The van der Waals surface area contributed by atoms with Gasteiger partial charge in [0.05, 0.1) is 5.66 Å². The van der Waals surface area contributed by atoms with Crippen LogP contribution in [0.3, 0.4) is 0 Å². The Labute approximate surface area is 141 Å². The van der Waals surface area contributed by atoms with Gasteiger partial charge in [0.1, 0.15) is 6.17 Å². The first-order valence-electron chi connectivity index (χ1n) is 9.96. The lowest BCUT2D eigenvalue weighted by Crippen LogP contribution is -2.64. The number of alkyl halides is 1. The summed E-state index contributed by atoms with van der Waals surface area (Å²) in [7, 11) is 0. The molecular formula is C19H36FN3. The maximum absolute atomic E-state index is 13.9. The van der Waals surface area contributed by atoms with Gasteiger partial charge in [0.2, 0.25) is 0 Å². The number of rotatable bonds is 3. The predicted octanol–water partition coefficient (Wildman–Crippen LogP) is 3.34. The van der Waals surface area contributed by atoms with Crippen molar-refractivity contribution in [1.82, 2.24) is 10.6 Å². The van der Waals surface area contributed by atoms with E-state index >= 15 is 0 Å². The molecule has 1 saturated carbocycles. The van der Waals surface area contributed by atoms with E-state index in [1.807, 2.05) is 0 Å². The summed E-state index contributed by atoms with van der Waals surface area (Å²) in [6.45, 7) is 5.41. The lowest BCUT2D eigenvalue weighted by molar-refractivity contribution is 0.0614. The summed E-state index contributed by atoms with van der Waals surface area (Å²) in [5, 5.41) is 7.62. The van der Waals surface area contributed by atoms with E-state index in [-0.39, 0.29) is 11.6 Å². The molecule has 0 aromatic carbocycles. The Hall–Kier alpha value is -0.190. The van der Waals surface area contributed by atoms with Gasteiger partial charge in [-0.05, 0) is 82.1 Å². The molecule has 3 fully saturated rings. The van der Waals surface area contributed by atoms with Gasteiger partial charge in [-0.2, -0.15) is 0 Å². The van der Waals surface area contributed by atoms with E-state index in [2.05, 4.69) is 24.5 Å². The van der Waals surface area contributed by atoms with Crippen LogP contribution in [0.5, 0.6) is 0 Å². The number of nitrogens with two attached hydrogens (primary N) is 1. The molecule has 3 aliphatic rings. The zero-order chi connectivity index (χ0) is 16.4. The van der Waals surface area contributed by atoms with E-state index < -0.39 is 6.17 Å². The predicted molar refractivity (Wildman–Crippen MR) is 93.9 cm³/mol. The third kappa shape index (κ3) is 3.91. The Kier molecular flexibility index (Phi) is 5.64. The minimum absolute atomic E-state index is 0.172. The molecule has 2 saturated heterocycles. The molecule has 0 aromatic heterocycles. The molecule has 4 heteroatoms. The summed E-state index contributed by atoms with van der Waals surface area (Å²) in [4.78, 5) is 0. The number of piperidine rings is 2. The highest BCUT2D eigenvalue weighted by molar-refractivity contribution is 4.99. The van der Waals surface area contributed by atoms with Crippen molar-refractivity contribution in [2.75, 3.05) is 6.54 Å². The third-order valence-corrected chi connectivity index (χ3v) is 6.93. The maximum Gasteiger partial charge on any atom is 0.103 e. The summed E-state index contributed by atoms with van der Waals surface area (Å²) in [6.07, 6.45) is 9.39. The molecule has 1 aliphatic carbocycles. The van der Waals surface area contributed by atoms with Gasteiger partial charge in [-0.25, -0.2) is 4.39 Å². The largest absolute Gasteiger partial charge is 0.313 e. The van der Waals surface area contributed by atoms with Gasteiger partial charge in [-0.3, -0.25) is 5.32 Å². The van der Waals surface area contributed by atoms with Crippen LogP contribution in [-0.2, 0) is 0 Å². The van der Waals surface area contributed by atoms with Crippen LogP contribution in [-0.4, -0.2) is 30.5 Å². The van der Waals surface area contributed by atoms with E-state index in [1.165, 1.54) is 25.7 Å². The van der Waals surface area contributed by atoms with Crippen molar-refractivity contribution in [3.63, 3.8) is 0 Å². The van der Waals surface area contributed by atoms with Crippen molar-refractivity contribution >= 4 is 0 Å². The van der Waals surface area contributed by atoms with Crippen LogP contribution in [0, 0.1) is 17.8 Å². The molecule has 0 aromatic rings. The van der Waals surface area contributed by atoms with Gasteiger partial charge >= 0.3 is 0 Å². The Morgan fingerprint density at radius 3 is 2.74 bits per heavy atom. The van der Waals surface area contributed by atoms with Gasteiger partial charge in [0.25, 0.3) is 0 Å². The topological polar surface area (TPSA) is 50.1 Å². The average Bonchev–Trinajstić information content (AvgIpc) is 2.57. The first-order valence-corrected chi connectivity index (χ1v) is 9.96. The Morgan fingerprint density at radius 2 is 2.00 bits per heavy atom. The summed E-state index contributed by atoms with van der Waals surface area (Å²) >= 11 is 0. The van der Waals surface area contributed by atoms with Crippen molar-refractivity contribution in [1.29, 1.82) is 0 Å². The SMILES string of the molecule is CCC1(N)CCCC(C2CCCNC2C2CCC(F)C(C)C2)N1. The van der Waals surface area contributed by atoms with Crippen molar-refractivity contribution < 1.29 is 4.39 Å². The summed E-state index contributed by atoms with van der Waals surface area (Å²) < 4.78 is 13.9. The standard InChI is InChI=1S/C19H36FN3/c1-3-19(21)10-4-7-17(23-19)15-6-5-11-22-18(15)14-8-9-16(20)13(2)12-14/h13-18,22-23H,3-12,21H2,1-2H3. The van der Waals surface area contributed by atoms with Gasteiger partial charge in [-0.15, -0.1) is 0 Å². The van der Waals surface area contributed by atoms with Crippen molar-refractivity contribution in [3.05, 3.63) is 0 Å². The Bertz CT molecular complexity index is 391. The van der Waals surface area contributed by atoms with E-state index in [0.717, 1.165) is 38.6 Å². The first-order chi connectivity index (χ1) is 11.0. The molecule has 0 bridgehead atoms. The van der Waals surface area contributed by atoms with Gasteiger partial charge in [-0.1, -0.05) is 13.8 Å².